The first-order chi connectivity index (χ1) is 15.8. The van der Waals surface area contributed by atoms with Gasteiger partial charge < -0.3 is 11.5 Å². The van der Waals surface area contributed by atoms with E-state index in [9.17, 15) is 8.42 Å². The molecule has 0 aliphatic carbocycles. The molecule has 184 valence electrons. The molecule has 2 aromatic carbocycles. The summed E-state index contributed by atoms with van der Waals surface area (Å²) in [5.74, 6) is 0. The van der Waals surface area contributed by atoms with E-state index in [4.69, 9.17) is 11.5 Å². The van der Waals surface area contributed by atoms with Crippen molar-refractivity contribution in [2.24, 2.45) is 0 Å². The Bertz CT molecular complexity index is 879. The number of hydrogen-bond acceptors (Lipinski definition) is 4. The Morgan fingerprint density at radius 1 is 0.545 bits per heavy atom. The van der Waals surface area contributed by atoms with Gasteiger partial charge in [-0.1, -0.05) is 53.4 Å². The van der Waals surface area contributed by atoms with Crippen LogP contribution >= 0.6 is 0 Å². The maximum Gasteiger partial charge on any atom is 0.206 e. The van der Waals surface area contributed by atoms with Crippen LogP contribution in [0.3, 0.4) is 0 Å². The predicted molar refractivity (Wildman–Crippen MR) is 142 cm³/mol. The van der Waals surface area contributed by atoms with Crippen molar-refractivity contribution in [3.63, 3.8) is 0 Å². The average Bonchev–Trinajstić information content (AvgIpc) is 2.80. The maximum atomic E-state index is 13.9. The molecule has 0 radical (unpaired) electrons. The van der Waals surface area contributed by atoms with E-state index >= 15 is 0 Å². The van der Waals surface area contributed by atoms with Gasteiger partial charge in [0.05, 0.1) is 9.79 Å². The summed E-state index contributed by atoms with van der Waals surface area (Å²) >= 11 is 0. The van der Waals surface area contributed by atoms with Crippen LogP contribution in [-0.2, 0) is 35.5 Å². The molecule has 2 rings (SSSR count). The second-order valence-corrected chi connectivity index (χ2v) is 11.2. The van der Waals surface area contributed by atoms with Crippen molar-refractivity contribution in [1.29, 1.82) is 0 Å². The smallest absolute Gasteiger partial charge is 0.206 e. The Morgan fingerprint density at radius 3 is 1.00 bits per heavy atom. The van der Waals surface area contributed by atoms with E-state index in [0.29, 0.717) is 9.79 Å². The molecule has 2 aromatic rings. The third-order valence-corrected chi connectivity index (χ3v) is 8.18. The number of sulfone groups is 1. The summed E-state index contributed by atoms with van der Waals surface area (Å²) in [6.07, 6.45) is 11.3. The second-order valence-electron chi connectivity index (χ2n) is 9.23. The number of nitrogen functional groups attached to an aromatic ring is 2. The highest BCUT2D eigenvalue weighted by atomic mass is 32.2. The van der Waals surface area contributed by atoms with Crippen molar-refractivity contribution in [2.75, 3.05) is 11.5 Å². The van der Waals surface area contributed by atoms with Gasteiger partial charge in [0, 0.05) is 11.4 Å². The van der Waals surface area contributed by atoms with Gasteiger partial charge in [-0.3, -0.25) is 0 Å². The van der Waals surface area contributed by atoms with Gasteiger partial charge in [0.15, 0.2) is 0 Å². The lowest BCUT2D eigenvalue weighted by Crippen LogP contribution is -2.10. The van der Waals surface area contributed by atoms with E-state index in [2.05, 4.69) is 27.7 Å². The van der Waals surface area contributed by atoms with Crippen molar-refractivity contribution in [3.05, 3.63) is 46.5 Å². The fourth-order valence-electron chi connectivity index (χ4n) is 4.24. The molecule has 4 N–H and O–H groups in total. The lowest BCUT2D eigenvalue weighted by molar-refractivity contribution is 0.595. The van der Waals surface area contributed by atoms with Crippen LogP contribution in [-0.4, -0.2) is 8.42 Å². The van der Waals surface area contributed by atoms with Crippen LogP contribution in [0.2, 0.25) is 0 Å². The van der Waals surface area contributed by atoms with Crippen LogP contribution in [0.5, 0.6) is 0 Å². The first kappa shape index (κ1) is 27.2. The van der Waals surface area contributed by atoms with Crippen LogP contribution < -0.4 is 11.5 Å². The van der Waals surface area contributed by atoms with Gasteiger partial charge in [-0.05, 0) is 97.9 Å². The molecule has 0 unspecified atom stereocenters. The molecule has 0 atom stereocenters. The third-order valence-electron chi connectivity index (χ3n) is 6.47. The van der Waals surface area contributed by atoms with Gasteiger partial charge in [0.25, 0.3) is 0 Å². The molecule has 0 aliphatic heterocycles. The van der Waals surface area contributed by atoms with Crippen molar-refractivity contribution < 1.29 is 8.42 Å². The van der Waals surface area contributed by atoms with Gasteiger partial charge >= 0.3 is 0 Å². The zero-order valence-corrected chi connectivity index (χ0v) is 22.0. The van der Waals surface area contributed by atoms with Crippen molar-refractivity contribution in [2.45, 2.75) is 115 Å². The minimum absolute atomic E-state index is 0.363. The Balaban J connectivity index is 2.63. The summed E-state index contributed by atoms with van der Waals surface area (Å²) in [5, 5.41) is 0. The molecular formula is C28H44N2O2S. The summed E-state index contributed by atoms with van der Waals surface area (Å²) in [4.78, 5) is 0.725. The van der Waals surface area contributed by atoms with Gasteiger partial charge in [-0.2, -0.15) is 0 Å². The first-order valence-corrected chi connectivity index (χ1v) is 14.4. The Morgan fingerprint density at radius 2 is 0.788 bits per heavy atom. The van der Waals surface area contributed by atoms with Gasteiger partial charge in [0.2, 0.25) is 9.84 Å². The fraction of sp³-hybridized carbons (Fsp3) is 0.571. The molecule has 0 saturated carbocycles. The molecule has 0 bridgehead atoms. The molecule has 0 heterocycles. The first-order valence-electron chi connectivity index (χ1n) is 12.9. The third kappa shape index (κ3) is 6.99. The van der Waals surface area contributed by atoms with Crippen molar-refractivity contribution in [1.82, 2.24) is 0 Å². The second kappa shape index (κ2) is 13.0. The molecule has 0 aromatic heterocycles. The molecular weight excluding hydrogens is 428 g/mol. The van der Waals surface area contributed by atoms with E-state index in [1.165, 1.54) is 0 Å². The molecule has 0 saturated heterocycles. The summed E-state index contributed by atoms with van der Waals surface area (Å²) in [5.41, 5.74) is 18.3. The lowest BCUT2D eigenvalue weighted by atomic mass is 9.99. The molecule has 0 amide bonds. The summed E-state index contributed by atoms with van der Waals surface area (Å²) in [7, 11) is -3.67. The Kier molecular flexibility index (Phi) is 10.7. The molecule has 4 nitrogen and oxygen atoms in total. The highest BCUT2D eigenvalue weighted by Gasteiger charge is 2.23. The quantitative estimate of drug-likeness (QED) is 0.288. The minimum atomic E-state index is -3.67. The fourth-order valence-corrected chi connectivity index (χ4v) is 5.70. The molecule has 0 spiro atoms. The molecule has 0 fully saturated rings. The number of nitrogens with two attached hydrogens (primary N) is 2. The van der Waals surface area contributed by atoms with E-state index < -0.39 is 9.84 Å². The Hall–Kier alpha value is -2.01. The molecule has 33 heavy (non-hydrogen) atoms. The zero-order chi connectivity index (χ0) is 24.4. The molecule has 0 aliphatic rings. The number of aryl methyl sites for hydroxylation is 4. The SMILES string of the molecule is CCCCc1cc(S(=O)(=O)c2cc(CCCC)c(N)c(CCCC)c2)cc(CCCC)c1N. The van der Waals surface area contributed by atoms with E-state index in [0.717, 1.165) is 111 Å². The zero-order valence-electron chi connectivity index (χ0n) is 21.2. The maximum absolute atomic E-state index is 13.9. The van der Waals surface area contributed by atoms with Crippen LogP contribution in [0.1, 0.15) is 101 Å². The highest BCUT2D eigenvalue weighted by Crippen LogP contribution is 2.33. The standard InChI is InChI=1S/C28H44N2O2S/c1-5-9-13-21-17-25(18-22(27(21)29)14-10-6-2)33(31,32)26-19-23(15-11-7-3)28(30)24(20-26)16-12-8-4/h17-20H,5-16,29-30H2,1-4H3. The lowest BCUT2D eigenvalue weighted by Gasteiger charge is -2.17. The van der Waals surface area contributed by atoms with Crippen molar-refractivity contribution >= 4 is 21.2 Å². The van der Waals surface area contributed by atoms with Crippen LogP contribution in [0.4, 0.5) is 11.4 Å². The predicted octanol–water partition coefficient (Wildman–Crippen LogP) is 7.05. The van der Waals surface area contributed by atoms with Crippen LogP contribution in [0.15, 0.2) is 34.1 Å². The van der Waals surface area contributed by atoms with Crippen molar-refractivity contribution in [3.8, 4) is 0 Å². The van der Waals surface area contributed by atoms with E-state index in [1.807, 2.05) is 24.3 Å². The summed E-state index contributed by atoms with van der Waals surface area (Å²) in [6.45, 7) is 8.55. The monoisotopic (exact) mass is 472 g/mol. The number of hydrogen-bond donors (Lipinski definition) is 2. The highest BCUT2D eigenvalue weighted by molar-refractivity contribution is 7.91. The van der Waals surface area contributed by atoms with E-state index in [-0.39, 0.29) is 0 Å². The minimum Gasteiger partial charge on any atom is -0.398 e. The Labute approximate surface area is 202 Å². The van der Waals surface area contributed by atoms with Crippen LogP contribution in [0, 0.1) is 0 Å². The van der Waals surface area contributed by atoms with Gasteiger partial charge in [-0.15, -0.1) is 0 Å². The number of benzene rings is 2. The summed E-state index contributed by atoms with van der Waals surface area (Å²) in [6, 6.07) is 7.24. The van der Waals surface area contributed by atoms with Crippen LogP contribution in [0.25, 0.3) is 0 Å². The van der Waals surface area contributed by atoms with E-state index in [1.54, 1.807) is 0 Å². The normalized spacial score (nSPS) is 11.8. The molecule has 5 heteroatoms. The van der Waals surface area contributed by atoms with Gasteiger partial charge in [-0.25, -0.2) is 8.42 Å². The topological polar surface area (TPSA) is 86.2 Å². The number of rotatable bonds is 14. The number of anilines is 2. The number of unbranched alkanes of at least 4 members (excludes halogenated alkanes) is 4. The average molecular weight is 473 g/mol. The van der Waals surface area contributed by atoms with Gasteiger partial charge in [0.1, 0.15) is 0 Å². The summed E-state index contributed by atoms with van der Waals surface area (Å²) < 4.78 is 27.8. The largest absolute Gasteiger partial charge is 0.398 e.